The minimum Gasteiger partial charge on any atom is -0.425 e. The van der Waals surface area contributed by atoms with E-state index in [2.05, 4.69) is 15.5 Å². The minimum absolute atomic E-state index is 0.101. The number of nitrogens with one attached hydrogen (secondary N) is 1. The molecule has 0 saturated heterocycles. The van der Waals surface area contributed by atoms with Gasteiger partial charge in [0, 0.05) is 12.0 Å². The lowest BCUT2D eigenvalue weighted by Gasteiger charge is -2.00. The van der Waals surface area contributed by atoms with Gasteiger partial charge in [-0.3, -0.25) is 0 Å². The van der Waals surface area contributed by atoms with Crippen LogP contribution in [0.25, 0.3) is 0 Å². The summed E-state index contributed by atoms with van der Waals surface area (Å²) < 4.78 is 32.0. The molecule has 2 aromatic rings. The molecule has 0 spiro atoms. The largest absolute Gasteiger partial charge is 0.425 e. The quantitative estimate of drug-likeness (QED) is 0.792. The maximum absolute atomic E-state index is 13.5. The minimum atomic E-state index is -0.868. The summed E-state index contributed by atoms with van der Waals surface area (Å²) in [4.78, 5) is 0. The molecular formula is C14H17F2N3O. The molecule has 2 rings (SSSR count). The van der Waals surface area contributed by atoms with Gasteiger partial charge in [0.15, 0.2) is 11.6 Å². The molecule has 0 saturated carbocycles. The van der Waals surface area contributed by atoms with Crippen molar-refractivity contribution in [1.29, 1.82) is 0 Å². The zero-order valence-corrected chi connectivity index (χ0v) is 11.3. The Morgan fingerprint density at radius 2 is 2.00 bits per heavy atom. The van der Waals surface area contributed by atoms with Gasteiger partial charge in [-0.2, -0.15) is 0 Å². The van der Waals surface area contributed by atoms with Gasteiger partial charge in [0.25, 0.3) is 0 Å². The predicted molar refractivity (Wildman–Crippen MR) is 70.3 cm³/mol. The van der Waals surface area contributed by atoms with Crippen LogP contribution in [0.15, 0.2) is 22.6 Å². The summed E-state index contributed by atoms with van der Waals surface area (Å²) in [5, 5.41) is 11.0. The van der Waals surface area contributed by atoms with Crippen LogP contribution in [0.5, 0.6) is 0 Å². The maximum atomic E-state index is 13.5. The fourth-order valence-corrected chi connectivity index (χ4v) is 1.85. The summed E-state index contributed by atoms with van der Waals surface area (Å²) in [5.41, 5.74) is 0.216. The summed E-state index contributed by atoms with van der Waals surface area (Å²) in [6.07, 6.45) is 1.67. The number of benzene rings is 1. The van der Waals surface area contributed by atoms with Gasteiger partial charge < -0.3 is 9.73 Å². The average molecular weight is 281 g/mol. The second kappa shape index (κ2) is 7.09. The van der Waals surface area contributed by atoms with E-state index in [1.165, 1.54) is 12.1 Å². The fourth-order valence-electron chi connectivity index (χ4n) is 1.85. The molecule has 0 unspecified atom stereocenters. The predicted octanol–water partition coefficient (Wildman–Crippen LogP) is 2.48. The normalized spacial score (nSPS) is 10.9. The number of aryl methyl sites for hydroxylation is 1. The SMILES string of the molecule is CCNCCCc1nnc(Cc2cccc(F)c2F)o1. The average Bonchev–Trinajstić information content (AvgIpc) is 2.88. The Morgan fingerprint density at radius 3 is 2.80 bits per heavy atom. The zero-order valence-electron chi connectivity index (χ0n) is 11.3. The van der Waals surface area contributed by atoms with Gasteiger partial charge >= 0.3 is 0 Å². The number of aromatic nitrogens is 2. The van der Waals surface area contributed by atoms with E-state index >= 15 is 0 Å². The second-order valence-corrected chi connectivity index (χ2v) is 4.44. The van der Waals surface area contributed by atoms with Gasteiger partial charge in [-0.25, -0.2) is 8.78 Å². The van der Waals surface area contributed by atoms with Crippen LogP contribution in [0.1, 0.15) is 30.7 Å². The first-order chi connectivity index (χ1) is 9.70. The molecule has 0 aliphatic heterocycles. The van der Waals surface area contributed by atoms with Crippen molar-refractivity contribution >= 4 is 0 Å². The van der Waals surface area contributed by atoms with E-state index in [9.17, 15) is 8.78 Å². The van der Waals surface area contributed by atoms with Crippen molar-refractivity contribution < 1.29 is 13.2 Å². The maximum Gasteiger partial charge on any atom is 0.221 e. The molecule has 0 radical (unpaired) electrons. The van der Waals surface area contributed by atoms with Gasteiger partial charge in [-0.15, -0.1) is 10.2 Å². The van der Waals surface area contributed by atoms with Gasteiger partial charge in [0.05, 0.1) is 6.42 Å². The van der Waals surface area contributed by atoms with E-state index in [1.807, 2.05) is 6.92 Å². The van der Waals surface area contributed by atoms with Crippen molar-refractivity contribution in [2.45, 2.75) is 26.2 Å². The van der Waals surface area contributed by atoms with Crippen molar-refractivity contribution in [1.82, 2.24) is 15.5 Å². The van der Waals surface area contributed by atoms with Crippen molar-refractivity contribution in [2.24, 2.45) is 0 Å². The fraction of sp³-hybridized carbons (Fsp3) is 0.429. The molecule has 1 heterocycles. The zero-order chi connectivity index (χ0) is 14.4. The van der Waals surface area contributed by atoms with E-state index in [0.29, 0.717) is 18.2 Å². The van der Waals surface area contributed by atoms with Crippen molar-refractivity contribution in [3.63, 3.8) is 0 Å². The molecule has 1 aromatic carbocycles. The number of hydrogen-bond acceptors (Lipinski definition) is 4. The molecule has 0 atom stereocenters. The highest BCUT2D eigenvalue weighted by atomic mass is 19.2. The first kappa shape index (κ1) is 14.6. The Kier molecular flexibility index (Phi) is 5.17. The van der Waals surface area contributed by atoms with Crippen LogP contribution in [-0.2, 0) is 12.8 Å². The number of nitrogens with zero attached hydrogens (tertiary/aromatic N) is 2. The molecule has 108 valence electrons. The molecular weight excluding hydrogens is 264 g/mol. The monoisotopic (exact) mass is 281 g/mol. The third kappa shape index (κ3) is 3.84. The van der Waals surface area contributed by atoms with E-state index in [4.69, 9.17) is 4.42 Å². The second-order valence-electron chi connectivity index (χ2n) is 4.44. The molecule has 0 aliphatic carbocycles. The summed E-state index contributed by atoms with van der Waals surface area (Å²) >= 11 is 0. The molecule has 1 N–H and O–H groups in total. The Hall–Kier alpha value is -1.82. The number of rotatable bonds is 7. The molecule has 6 heteroatoms. The van der Waals surface area contributed by atoms with E-state index in [1.54, 1.807) is 0 Å². The Balaban J connectivity index is 1.94. The van der Waals surface area contributed by atoms with Crippen LogP contribution in [0, 0.1) is 11.6 Å². The van der Waals surface area contributed by atoms with Crippen molar-refractivity contribution in [2.75, 3.05) is 13.1 Å². The van der Waals surface area contributed by atoms with Crippen LogP contribution >= 0.6 is 0 Å². The van der Waals surface area contributed by atoms with Gasteiger partial charge in [-0.05, 0) is 25.6 Å². The lowest BCUT2D eigenvalue weighted by molar-refractivity contribution is 0.444. The van der Waals surface area contributed by atoms with Crippen LogP contribution in [0.4, 0.5) is 8.78 Å². The van der Waals surface area contributed by atoms with Crippen LogP contribution in [-0.4, -0.2) is 23.3 Å². The Bertz CT molecular complexity index is 557. The Labute approximate surface area is 116 Å². The third-order valence-electron chi connectivity index (χ3n) is 2.88. The van der Waals surface area contributed by atoms with Crippen molar-refractivity contribution in [3.05, 3.63) is 47.2 Å². The van der Waals surface area contributed by atoms with Crippen molar-refractivity contribution in [3.8, 4) is 0 Å². The first-order valence-electron chi connectivity index (χ1n) is 6.65. The molecule has 0 fully saturated rings. The van der Waals surface area contributed by atoms with Gasteiger partial charge in [-0.1, -0.05) is 19.1 Å². The van der Waals surface area contributed by atoms with Crippen LogP contribution in [0.3, 0.4) is 0 Å². The standard InChI is InChI=1S/C14H17F2N3O/c1-2-17-8-4-7-12-18-19-13(20-12)9-10-5-3-6-11(15)14(10)16/h3,5-6,17H,2,4,7-9H2,1H3. The highest BCUT2D eigenvalue weighted by Gasteiger charge is 2.12. The molecule has 1 aromatic heterocycles. The van der Waals surface area contributed by atoms with Crippen LogP contribution in [0.2, 0.25) is 0 Å². The summed E-state index contributed by atoms with van der Waals surface area (Å²) in [5.74, 6) is -0.907. The van der Waals surface area contributed by atoms with Crippen LogP contribution < -0.4 is 5.32 Å². The molecule has 0 bridgehead atoms. The Morgan fingerprint density at radius 1 is 1.20 bits per heavy atom. The number of halogens is 2. The van der Waals surface area contributed by atoms with E-state index in [0.717, 1.165) is 25.6 Å². The number of hydrogen-bond donors (Lipinski definition) is 1. The molecule has 4 nitrogen and oxygen atoms in total. The topological polar surface area (TPSA) is 51.0 Å². The van der Waals surface area contributed by atoms with Gasteiger partial charge in [0.2, 0.25) is 11.8 Å². The third-order valence-corrected chi connectivity index (χ3v) is 2.88. The first-order valence-corrected chi connectivity index (χ1v) is 6.65. The highest BCUT2D eigenvalue weighted by molar-refractivity contribution is 5.21. The lowest BCUT2D eigenvalue weighted by atomic mass is 10.1. The summed E-state index contributed by atoms with van der Waals surface area (Å²) in [6, 6.07) is 4.05. The molecule has 0 aliphatic rings. The lowest BCUT2D eigenvalue weighted by Crippen LogP contribution is -2.14. The van der Waals surface area contributed by atoms with E-state index in [-0.39, 0.29) is 12.0 Å². The molecule has 0 amide bonds. The van der Waals surface area contributed by atoms with Gasteiger partial charge in [0.1, 0.15) is 0 Å². The summed E-state index contributed by atoms with van der Waals surface area (Å²) in [6.45, 7) is 3.85. The highest BCUT2D eigenvalue weighted by Crippen LogP contribution is 2.15. The molecule has 20 heavy (non-hydrogen) atoms. The van der Waals surface area contributed by atoms with E-state index < -0.39 is 11.6 Å². The summed E-state index contributed by atoms with van der Waals surface area (Å²) in [7, 11) is 0. The smallest absolute Gasteiger partial charge is 0.221 e.